The SMILES string of the molecule is CC(Cl)CNC(=O)COc1cccc(Cl)c1. The van der Waals surface area contributed by atoms with E-state index in [1.165, 1.54) is 0 Å². The topological polar surface area (TPSA) is 38.3 Å². The predicted octanol–water partition coefficient (Wildman–Crippen LogP) is 2.46. The molecule has 0 spiro atoms. The van der Waals surface area contributed by atoms with Gasteiger partial charge < -0.3 is 10.1 Å². The predicted molar refractivity (Wildman–Crippen MR) is 65.3 cm³/mol. The molecule has 0 aliphatic carbocycles. The monoisotopic (exact) mass is 261 g/mol. The molecule has 16 heavy (non-hydrogen) atoms. The van der Waals surface area contributed by atoms with Crippen molar-refractivity contribution in [2.75, 3.05) is 13.2 Å². The molecule has 0 aliphatic heterocycles. The largest absolute Gasteiger partial charge is 0.484 e. The molecule has 0 saturated carbocycles. The Morgan fingerprint density at radius 1 is 1.56 bits per heavy atom. The number of rotatable bonds is 5. The normalized spacial score (nSPS) is 11.9. The molecule has 1 atom stereocenters. The number of halogens is 2. The lowest BCUT2D eigenvalue weighted by Crippen LogP contribution is -2.32. The van der Waals surface area contributed by atoms with Gasteiger partial charge in [0, 0.05) is 16.9 Å². The van der Waals surface area contributed by atoms with Crippen LogP contribution >= 0.6 is 23.2 Å². The molecule has 1 aromatic carbocycles. The van der Waals surface area contributed by atoms with E-state index in [9.17, 15) is 4.79 Å². The molecule has 0 fully saturated rings. The van der Waals surface area contributed by atoms with E-state index in [1.807, 2.05) is 0 Å². The molecular formula is C11H13Cl2NO2. The van der Waals surface area contributed by atoms with Gasteiger partial charge in [0.2, 0.25) is 0 Å². The van der Waals surface area contributed by atoms with Gasteiger partial charge in [-0.25, -0.2) is 0 Å². The van der Waals surface area contributed by atoms with Crippen LogP contribution in [0.5, 0.6) is 5.75 Å². The molecule has 1 rings (SSSR count). The highest BCUT2D eigenvalue weighted by atomic mass is 35.5. The minimum atomic E-state index is -0.201. The molecule has 0 saturated heterocycles. The van der Waals surface area contributed by atoms with Gasteiger partial charge in [0.1, 0.15) is 5.75 Å². The number of carbonyl (C=O) groups is 1. The van der Waals surface area contributed by atoms with Gasteiger partial charge in [0.15, 0.2) is 6.61 Å². The molecule has 0 aromatic heterocycles. The number of hydrogen-bond acceptors (Lipinski definition) is 2. The molecular weight excluding hydrogens is 249 g/mol. The van der Waals surface area contributed by atoms with Gasteiger partial charge in [0.25, 0.3) is 5.91 Å². The van der Waals surface area contributed by atoms with E-state index in [0.717, 1.165) is 0 Å². The minimum Gasteiger partial charge on any atom is -0.484 e. The summed E-state index contributed by atoms with van der Waals surface area (Å²) in [6, 6.07) is 6.89. The number of ether oxygens (including phenoxy) is 1. The maximum atomic E-state index is 11.3. The number of nitrogens with one attached hydrogen (secondary N) is 1. The average Bonchev–Trinajstić information content (AvgIpc) is 2.23. The van der Waals surface area contributed by atoms with Crippen LogP contribution in [0.4, 0.5) is 0 Å². The maximum Gasteiger partial charge on any atom is 0.257 e. The van der Waals surface area contributed by atoms with E-state index in [0.29, 0.717) is 17.3 Å². The Kier molecular flexibility index (Phi) is 5.43. The van der Waals surface area contributed by atoms with Gasteiger partial charge in [-0.05, 0) is 25.1 Å². The number of amides is 1. The number of benzene rings is 1. The fraction of sp³-hybridized carbons (Fsp3) is 0.364. The Balaban J connectivity index is 2.31. The third-order valence-corrected chi connectivity index (χ3v) is 2.14. The van der Waals surface area contributed by atoms with Gasteiger partial charge >= 0.3 is 0 Å². The molecule has 0 heterocycles. The zero-order valence-electron chi connectivity index (χ0n) is 8.87. The van der Waals surface area contributed by atoms with E-state index in [4.69, 9.17) is 27.9 Å². The van der Waals surface area contributed by atoms with Crippen molar-refractivity contribution >= 4 is 29.1 Å². The highest BCUT2D eigenvalue weighted by Gasteiger charge is 2.04. The molecule has 1 N–H and O–H groups in total. The van der Waals surface area contributed by atoms with Crippen LogP contribution in [-0.2, 0) is 4.79 Å². The zero-order valence-corrected chi connectivity index (χ0v) is 10.4. The molecule has 0 aliphatic rings. The second-order valence-corrected chi connectivity index (χ2v) is 4.51. The number of hydrogen-bond donors (Lipinski definition) is 1. The van der Waals surface area contributed by atoms with Crippen molar-refractivity contribution in [2.24, 2.45) is 0 Å². The second-order valence-electron chi connectivity index (χ2n) is 3.33. The van der Waals surface area contributed by atoms with Crippen LogP contribution in [0.25, 0.3) is 0 Å². The summed E-state index contributed by atoms with van der Waals surface area (Å²) in [6.45, 7) is 2.20. The molecule has 88 valence electrons. The third kappa shape index (κ3) is 5.24. The van der Waals surface area contributed by atoms with Gasteiger partial charge in [-0.3, -0.25) is 4.79 Å². The van der Waals surface area contributed by atoms with Crippen molar-refractivity contribution in [1.29, 1.82) is 0 Å². The summed E-state index contributed by atoms with van der Waals surface area (Å²) in [5.41, 5.74) is 0. The van der Waals surface area contributed by atoms with Crippen LogP contribution in [0.2, 0.25) is 5.02 Å². The summed E-state index contributed by atoms with van der Waals surface area (Å²) in [6.07, 6.45) is 0. The Hall–Kier alpha value is -0.930. The Labute approximate surface area is 105 Å². The molecule has 1 amide bonds. The molecule has 1 aromatic rings. The van der Waals surface area contributed by atoms with Gasteiger partial charge in [-0.2, -0.15) is 0 Å². The first-order valence-corrected chi connectivity index (χ1v) is 5.68. The van der Waals surface area contributed by atoms with Crippen molar-refractivity contribution in [3.8, 4) is 5.75 Å². The van der Waals surface area contributed by atoms with Crippen molar-refractivity contribution in [3.05, 3.63) is 29.3 Å². The van der Waals surface area contributed by atoms with E-state index in [1.54, 1.807) is 31.2 Å². The van der Waals surface area contributed by atoms with Crippen molar-refractivity contribution in [3.63, 3.8) is 0 Å². The van der Waals surface area contributed by atoms with Crippen LogP contribution in [0.15, 0.2) is 24.3 Å². The van der Waals surface area contributed by atoms with Crippen molar-refractivity contribution < 1.29 is 9.53 Å². The standard InChI is InChI=1S/C11H13Cl2NO2/c1-8(12)6-14-11(15)7-16-10-4-2-3-9(13)5-10/h2-5,8H,6-7H2,1H3,(H,14,15). The van der Waals surface area contributed by atoms with E-state index < -0.39 is 0 Å². The third-order valence-electron chi connectivity index (χ3n) is 1.75. The molecule has 0 bridgehead atoms. The Morgan fingerprint density at radius 2 is 2.31 bits per heavy atom. The van der Waals surface area contributed by atoms with Gasteiger partial charge in [0.05, 0.1) is 0 Å². The van der Waals surface area contributed by atoms with Crippen LogP contribution < -0.4 is 10.1 Å². The Bertz CT molecular complexity index is 356. The summed E-state index contributed by atoms with van der Waals surface area (Å²) in [7, 11) is 0. The van der Waals surface area contributed by atoms with E-state index >= 15 is 0 Å². The van der Waals surface area contributed by atoms with Crippen LogP contribution in [0, 0.1) is 0 Å². The summed E-state index contributed by atoms with van der Waals surface area (Å²) in [5.74, 6) is 0.369. The number of alkyl halides is 1. The lowest BCUT2D eigenvalue weighted by molar-refractivity contribution is -0.123. The lowest BCUT2D eigenvalue weighted by atomic mass is 10.3. The van der Waals surface area contributed by atoms with Gasteiger partial charge in [-0.15, -0.1) is 11.6 Å². The fourth-order valence-electron chi connectivity index (χ4n) is 1.01. The Morgan fingerprint density at radius 3 is 2.94 bits per heavy atom. The summed E-state index contributed by atoms with van der Waals surface area (Å²) < 4.78 is 5.24. The first-order valence-electron chi connectivity index (χ1n) is 4.87. The lowest BCUT2D eigenvalue weighted by Gasteiger charge is -2.08. The zero-order chi connectivity index (χ0) is 12.0. The van der Waals surface area contributed by atoms with E-state index in [2.05, 4.69) is 5.32 Å². The average molecular weight is 262 g/mol. The first-order chi connectivity index (χ1) is 7.58. The molecule has 0 radical (unpaired) electrons. The highest BCUT2D eigenvalue weighted by Crippen LogP contribution is 2.16. The minimum absolute atomic E-state index is 0.0377. The molecule has 1 unspecified atom stereocenters. The maximum absolute atomic E-state index is 11.3. The molecule has 5 heteroatoms. The van der Waals surface area contributed by atoms with Crippen LogP contribution in [0.1, 0.15) is 6.92 Å². The smallest absolute Gasteiger partial charge is 0.257 e. The number of carbonyl (C=O) groups excluding carboxylic acids is 1. The van der Waals surface area contributed by atoms with Crippen LogP contribution in [0.3, 0.4) is 0 Å². The first kappa shape index (κ1) is 13.1. The summed E-state index contributed by atoms with van der Waals surface area (Å²) in [5, 5.41) is 3.13. The summed E-state index contributed by atoms with van der Waals surface area (Å²) >= 11 is 11.5. The van der Waals surface area contributed by atoms with Gasteiger partial charge in [-0.1, -0.05) is 17.7 Å². The second kappa shape index (κ2) is 6.61. The van der Waals surface area contributed by atoms with Crippen molar-refractivity contribution in [1.82, 2.24) is 5.32 Å². The highest BCUT2D eigenvalue weighted by molar-refractivity contribution is 6.30. The molecule has 3 nitrogen and oxygen atoms in total. The van der Waals surface area contributed by atoms with Crippen molar-refractivity contribution in [2.45, 2.75) is 12.3 Å². The quantitative estimate of drug-likeness (QED) is 0.828. The summed E-state index contributed by atoms with van der Waals surface area (Å²) in [4.78, 5) is 11.3. The van der Waals surface area contributed by atoms with E-state index in [-0.39, 0.29) is 17.9 Å². The van der Waals surface area contributed by atoms with Crippen LogP contribution in [-0.4, -0.2) is 24.4 Å². The fourth-order valence-corrected chi connectivity index (χ4v) is 1.27.